The lowest BCUT2D eigenvalue weighted by molar-refractivity contribution is 0.355. The second kappa shape index (κ2) is 6.96. The molecule has 1 aromatic carbocycles. The summed E-state index contributed by atoms with van der Waals surface area (Å²) >= 11 is 0. The van der Waals surface area contributed by atoms with Gasteiger partial charge in [0.15, 0.2) is 0 Å². The predicted octanol–water partition coefficient (Wildman–Crippen LogP) is 5.01. The average Bonchev–Trinajstić information content (AvgIpc) is 3.29. The summed E-state index contributed by atoms with van der Waals surface area (Å²) in [6, 6.07) is 6.61. The van der Waals surface area contributed by atoms with Crippen molar-refractivity contribution in [1.29, 1.82) is 0 Å². The van der Waals surface area contributed by atoms with E-state index in [0.717, 1.165) is 42.1 Å². The minimum atomic E-state index is -0.203. The molecule has 2 aliphatic rings. The third-order valence-corrected chi connectivity index (χ3v) is 5.40. The average molecular weight is 327 g/mol. The molecular weight excluding hydrogens is 301 g/mol. The van der Waals surface area contributed by atoms with Crippen molar-refractivity contribution >= 4 is 5.95 Å². The van der Waals surface area contributed by atoms with Crippen LogP contribution in [0, 0.1) is 17.7 Å². The van der Waals surface area contributed by atoms with Gasteiger partial charge in [0.1, 0.15) is 5.82 Å². The fraction of sp³-hybridized carbons (Fsp3) is 0.550. The molecule has 2 aromatic rings. The lowest BCUT2D eigenvalue weighted by atomic mass is 9.89. The van der Waals surface area contributed by atoms with Crippen LogP contribution in [0.2, 0.25) is 0 Å². The molecule has 128 valence electrons. The molecule has 1 aromatic heterocycles. The molecule has 3 nitrogen and oxygen atoms in total. The Labute approximate surface area is 143 Å². The molecule has 2 saturated carbocycles. The van der Waals surface area contributed by atoms with Crippen LogP contribution in [0.4, 0.5) is 10.3 Å². The van der Waals surface area contributed by atoms with E-state index in [0.29, 0.717) is 0 Å². The first kappa shape index (κ1) is 15.7. The topological polar surface area (TPSA) is 31.9 Å². The highest BCUT2D eigenvalue weighted by Gasteiger charge is 2.27. The van der Waals surface area contributed by atoms with Crippen LogP contribution in [-0.4, -0.2) is 23.1 Å². The van der Waals surface area contributed by atoms with Crippen LogP contribution in [0.25, 0.3) is 11.3 Å². The van der Waals surface area contributed by atoms with Gasteiger partial charge in [-0.1, -0.05) is 19.3 Å². The maximum Gasteiger partial charge on any atom is 0.203 e. The number of aromatic nitrogens is 2. The van der Waals surface area contributed by atoms with E-state index in [2.05, 4.69) is 14.9 Å². The predicted molar refractivity (Wildman–Crippen MR) is 95.5 cm³/mol. The van der Waals surface area contributed by atoms with Gasteiger partial charge in [0, 0.05) is 13.1 Å². The van der Waals surface area contributed by atoms with Gasteiger partial charge in [0.05, 0.1) is 11.9 Å². The van der Waals surface area contributed by atoms with E-state index in [4.69, 9.17) is 0 Å². The van der Waals surface area contributed by atoms with Gasteiger partial charge in [-0.25, -0.2) is 9.37 Å². The Bertz CT molecular complexity index is 654. The highest BCUT2D eigenvalue weighted by atomic mass is 19.1. The molecule has 0 atom stereocenters. The number of aromatic amines is 1. The number of anilines is 1. The summed E-state index contributed by atoms with van der Waals surface area (Å²) in [7, 11) is 0. The molecule has 0 unspecified atom stereocenters. The van der Waals surface area contributed by atoms with Gasteiger partial charge in [-0.2, -0.15) is 0 Å². The van der Waals surface area contributed by atoms with Crippen molar-refractivity contribution < 1.29 is 4.39 Å². The molecule has 24 heavy (non-hydrogen) atoms. The third kappa shape index (κ3) is 3.80. The second-order valence-electron chi connectivity index (χ2n) is 7.48. The summed E-state index contributed by atoms with van der Waals surface area (Å²) in [6.45, 7) is 2.24. The van der Waals surface area contributed by atoms with Crippen LogP contribution in [0.3, 0.4) is 0 Å². The van der Waals surface area contributed by atoms with Crippen LogP contribution < -0.4 is 4.90 Å². The fourth-order valence-corrected chi connectivity index (χ4v) is 3.79. The number of hydrogen-bond donors (Lipinski definition) is 1. The quantitative estimate of drug-likeness (QED) is 0.808. The van der Waals surface area contributed by atoms with E-state index < -0.39 is 0 Å². The normalized spacial score (nSPS) is 18.7. The van der Waals surface area contributed by atoms with Crippen molar-refractivity contribution in [2.24, 2.45) is 11.8 Å². The van der Waals surface area contributed by atoms with Gasteiger partial charge in [0.25, 0.3) is 0 Å². The summed E-state index contributed by atoms with van der Waals surface area (Å²) in [4.78, 5) is 10.6. The zero-order valence-electron chi connectivity index (χ0n) is 14.2. The molecule has 2 aliphatic carbocycles. The van der Waals surface area contributed by atoms with Crippen LogP contribution in [0.1, 0.15) is 44.9 Å². The maximum absolute atomic E-state index is 13.1. The monoisotopic (exact) mass is 327 g/mol. The molecule has 0 amide bonds. The molecule has 0 saturated heterocycles. The van der Waals surface area contributed by atoms with E-state index in [9.17, 15) is 4.39 Å². The van der Waals surface area contributed by atoms with Crippen molar-refractivity contribution in [2.45, 2.75) is 44.9 Å². The first-order chi connectivity index (χ1) is 11.8. The third-order valence-electron chi connectivity index (χ3n) is 5.40. The number of H-pyrrole nitrogens is 1. The standard InChI is InChI=1S/C20H26FN3/c21-18-10-8-17(9-11-18)19-12-22-20(23-19)24(14-16-6-7-16)13-15-4-2-1-3-5-15/h8-12,15-16H,1-7,13-14H2,(H,22,23). The van der Waals surface area contributed by atoms with Gasteiger partial charge in [0.2, 0.25) is 5.95 Å². The number of rotatable bonds is 6. The zero-order chi connectivity index (χ0) is 16.4. The highest BCUT2D eigenvalue weighted by molar-refractivity contribution is 5.60. The van der Waals surface area contributed by atoms with Crippen molar-refractivity contribution in [3.63, 3.8) is 0 Å². The minimum absolute atomic E-state index is 0.203. The molecule has 1 N–H and O–H groups in total. The molecule has 0 bridgehead atoms. The van der Waals surface area contributed by atoms with Crippen molar-refractivity contribution in [1.82, 2.24) is 9.97 Å². The first-order valence-electron chi connectivity index (χ1n) is 9.34. The summed E-state index contributed by atoms with van der Waals surface area (Å²) < 4.78 is 13.1. The van der Waals surface area contributed by atoms with Crippen molar-refractivity contribution in [3.8, 4) is 11.3 Å². The van der Waals surface area contributed by atoms with Crippen LogP contribution >= 0.6 is 0 Å². The fourth-order valence-electron chi connectivity index (χ4n) is 3.79. The summed E-state index contributed by atoms with van der Waals surface area (Å²) in [5, 5.41) is 0. The van der Waals surface area contributed by atoms with Gasteiger partial charge in [-0.15, -0.1) is 0 Å². The van der Waals surface area contributed by atoms with Gasteiger partial charge in [-0.05, 0) is 67.3 Å². The number of nitrogens with one attached hydrogen (secondary N) is 1. The number of hydrogen-bond acceptors (Lipinski definition) is 2. The Morgan fingerprint density at radius 1 is 0.958 bits per heavy atom. The Morgan fingerprint density at radius 3 is 2.29 bits per heavy atom. The maximum atomic E-state index is 13.1. The Balaban J connectivity index is 1.50. The number of imidazole rings is 1. The van der Waals surface area contributed by atoms with Gasteiger partial charge >= 0.3 is 0 Å². The van der Waals surface area contributed by atoms with Gasteiger partial charge < -0.3 is 9.88 Å². The first-order valence-corrected chi connectivity index (χ1v) is 9.34. The van der Waals surface area contributed by atoms with Crippen LogP contribution in [0.5, 0.6) is 0 Å². The van der Waals surface area contributed by atoms with Crippen LogP contribution in [-0.2, 0) is 0 Å². The molecule has 0 aliphatic heterocycles. The Hall–Kier alpha value is -1.84. The molecule has 0 spiro atoms. The van der Waals surface area contributed by atoms with E-state index in [1.165, 1.54) is 57.1 Å². The van der Waals surface area contributed by atoms with Crippen molar-refractivity contribution in [2.75, 3.05) is 18.0 Å². The number of nitrogens with zero attached hydrogens (tertiary/aromatic N) is 2. The summed E-state index contributed by atoms with van der Waals surface area (Å²) in [6.07, 6.45) is 11.4. The van der Waals surface area contributed by atoms with E-state index in [-0.39, 0.29) is 5.82 Å². The largest absolute Gasteiger partial charge is 0.342 e. The van der Waals surface area contributed by atoms with Crippen LogP contribution in [0.15, 0.2) is 30.5 Å². The second-order valence-corrected chi connectivity index (χ2v) is 7.48. The van der Waals surface area contributed by atoms with E-state index in [1.54, 1.807) is 12.1 Å². The van der Waals surface area contributed by atoms with Gasteiger partial charge in [-0.3, -0.25) is 0 Å². The van der Waals surface area contributed by atoms with E-state index >= 15 is 0 Å². The molecule has 4 rings (SSSR count). The molecular formula is C20H26FN3. The minimum Gasteiger partial charge on any atom is -0.342 e. The number of halogens is 1. The Kier molecular flexibility index (Phi) is 4.54. The Morgan fingerprint density at radius 2 is 1.62 bits per heavy atom. The molecule has 4 heteroatoms. The number of benzene rings is 1. The highest BCUT2D eigenvalue weighted by Crippen LogP contribution is 2.33. The lowest BCUT2D eigenvalue weighted by Gasteiger charge is -2.29. The lowest BCUT2D eigenvalue weighted by Crippen LogP contribution is -2.33. The smallest absolute Gasteiger partial charge is 0.203 e. The zero-order valence-corrected chi connectivity index (χ0v) is 14.2. The molecule has 1 heterocycles. The summed E-state index contributed by atoms with van der Waals surface area (Å²) in [5.74, 6) is 2.42. The van der Waals surface area contributed by atoms with E-state index in [1.807, 2.05) is 6.20 Å². The summed E-state index contributed by atoms with van der Waals surface area (Å²) in [5.41, 5.74) is 1.95. The molecule has 2 fully saturated rings. The van der Waals surface area contributed by atoms with Crippen molar-refractivity contribution in [3.05, 3.63) is 36.3 Å². The SMILES string of the molecule is Fc1ccc(-c2cnc(N(CC3CCCCC3)CC3CC3)[nH]2)cc1. The molecule has 0 radical (unpaired) electrons.